The largest absolute Gasteiger partial charge is 0.320 e. The monoisotopic (exact) mass is 347 g/mol. The van der Waals surface area contributed by atoms with Crippen LogP contribution in [0, 0.1) is 11.6 Å². The van der Waals surface area contributed by atoms with Crippen LogP contribution in [-0.4, -0.2) is 48.9 Å². The molecule has 0 aromatic heterocycles. The summed E-state index contributed by atoms with van der Waals surface area (Å²) < 4.78 is 50.5. The van der Waals surface area contributed by atoms with E-state index in [0.29, 0.717) is 11.5 Å². The highest BCUT2D eigenvalue weighted by molar-refractivity contribution is 8.00. The lowest BCUT2D eigenvalue weighted by Crippen LogP contribution is -2.49. The molecule has 1 saturated heterocycles. The summed E-state index contributed by atoms with van der Waals surface area (Å²) in [4.78, 5) is 13.4. The summed E-state index contributed by atoms with van der Waals surface area (Å²) >= 11 is 1.45. The Morgan fingerprint density at radius 3 is 2.59 bits per heavy atom. The molecule has 2 rings (SSSR count). The Bertz CT molecular complexity index is 684. The molecule has 0 radical (unpaired) electrons. The van der Waals surface area contributed by atoms with E-state index in [4.69, 9.17) is 0 Å². The van der Waals surface area contributed by atoms with Crippen LogP contribution in [-0.2, 0) is 14.6 Å². The molecule has 1 aromatic rings. The van der Waals surface area contributed by atoms with Gasteiger partial charge in [0.25, 0.3) is 0 Å². The van der Waals surface area contributed by atoms with E-state index >= 15 is 0 Å². The van der Waals surface area contributed by atoms with Crippen LogP contribution in [0.4, 0.5) is 8.78 Å². The number of sulfone groups is 1. The molecular weight excluding hydrogens is 332 g/mol. The van der Waals surface area contributed by atoms with E-state index in [2.05, 4.69) is 0 Å². The van der Waals surface area contributed by atoms with Crippen LogP contribution >= 0.6 is 11.8 Å². The molecule has 0 saturated carbocycles. The van der Waals surface area contributed by atoms with Gasteiger partial charge in [-0.25, -0.2) is 17.2 Å². The second-order valence-corrected chi connectivity index (χ2v) is 8.21. The zero-order valence-electron chi connectivity index (χ0n) is 11.8. The summed E-state index contributed by atoms with van der Waals surface area (Å²) in [7, 11) is -3.42. The van der Waals surface area contributed by atoms with Gasteiger partial charge in [0.1, 0.15) is 17.0 Å². The number of carbonyl (C=O) groups excluding carboxylic acids is 1. The van der Waals surface area contributed by atoms with E-state index in [9.17, 15) is 22.0 Å². The van der Waals surface area contributed by atoms with Gasteiger partial charge in [-0.3, -0.25) is 4.79 Å². The minimum absolute atomic E-state index is 0.283. The molecule has 4 nitrogen and oxygen atoms in total. The molecule has 0 bridgehead atoms. The quantitative estimate of drug-likeness (QED) is 0.784. The van der Waals surface area contributed by atoms with E-state index < -0.39 is 32.8 Å². The van der Waals surface area contributed by atoms with Crippen molar-refractivity contribution in [2.24, 2.45) is 0 Å². The molecule has 1 heterocycles. The van der Waals surface area contributed by atoms with Crippen molar-refractivity contribution in [3.8, 4) is 0 Å². The lowest BCUT2D eigenvalue weighted by atomic mass is 10.2. The number of halogens is 2. The number of amides is 1. The Morgan fingerprint density at radius 1 is 1.36 bits per heavy atom. The fourth-order valence-electron chi connectivity index (χ4n) is 2.11. The standard InChI is InChI=1S/C14H15F2NO3S2/c1-22(19,20)14-9-21-8-7-17(14)13(18)6-5-10-11(15)3-2-4-12(10)16/h2-6,14H,7-9H2,1H3/b6-5-/t14-/m1/s1. The van der Waals surface area contributed by atoms with Crippen LogP contribution in [0.2, 0.25) is 0 Å². The van der Waals surface area contributed by atoms with Crippen molar-refractivity contribution < 1.29 is 22.0 Å². The maximum Gasteiger partial charge on any atom is 0.247 e. The van der Waals surface area contributed by atoms with Gasteiger partial charge in [0.2, 0.25) is 5.91 Å². The molecule has 0 aliphatic carbocycles. The summed E-state index contributed by atoms with van der Waals surface area (Å²) in [6.45, 7) is 0.283. The summed E-state index contributed by atoms with van der Waals surface area (Å²) in [5, 5.41) is -0.908. The predicted octanol–water partition coefficient (Wildman–Crippen LogP) is 1.92. The Kier molecular flexibility index (Phi) is 5.23. The highest BCUT2D eigenvalue weighted by atomic mass is 32.2. The van der Waals surface area contributed by atoms with Crippen molar-refractivity contribution >= 4 is 33.6 Å². The summed E-state index contributed by atoms with van der Waals surface area (Å²) in [6, 6.07) is 3.40. The van der Waals surface area contributed by atoms with E-state index in [1.165, 1.54) is 22.7 Å². The second kappa shape index (κ2) is 6.78. The van der Waals surface area contributed by atoms with Crippen LogP contribution in [0.1, 0.15) is 5.56 Å². The van der Waals surface area contributed by atoms with Crippen LogP contribution in [0.15, 0.2) is 24.3 Å². The Morgan fingerprint density at radius 2 is 2.00 bits per heavy atom. The number of carbonyl (C=O) groups is 1. The Hall–Kier alpha value is -1.41. The minimum Gasteiger partial charge on any atom is -0.320 e. The lowest BCUT2D eigenvalue weighted by Gasteiger charge is -2.33. The average molecular weight is 347 g/mol. The van der Waals surface area contributed by atoms with Gasteiger partial charge in [0.15, 0.2) is 9.84 Å². The first-order chi connectivity index (χ1) is 10.3. The van der Waals surface area contributed by atoms with Gasteiger partial charge in [-0.1, -0.05) is 6.07 Å². The molecule has 22 heavy (non-hydrogen) atoms. The molecule has 0 N–H and O–H groups in total. The number of thioether (sulfide) groups is 1. The summed E-state index contributed by atoms with van der Waals surface area (Å²) in [5.74, 6) is -1.21. The van der Waals surface area contributed by atoms with Crippen LogP contribution in [0.5, 0.6) is 0 Å². The number of hydrogen-bond donors (Lipinski definition) is 0. The molecule has 8 heteroatoms. The second-order valence-electron chi connectivity index (χ2n) is 4.86. The topological polar surface area (TPSA) is 54.5 Å². The normalized spacial score (nSPS) is 19.6. The van der Waals surface area contributed by atoms with Crippen molar-refractivity contribution in [2.45, 2.75) is 5.37 Å². The van der Waals surface area contributed by atoms with Gasteiger partial charge >= 0.3 is 0 Å². The van der Waals surface area contributed by atoms with Gasteiger partial charge in [0.05, 0.1) is 0 Å². The number of hydrogen-bond acceptors (Lipinski definition) is 4. The smallest absolute Gasteiger partial charge is 0.247 e. The molecule has 1 amide bonds. The van der Waals surface area contributed by atoms with Crippen LogP contribution in [0.3, 0.4) is 0 Å². The maximum absolute atomic E-state index is 13.5. The molecule has 0 spiro atoms. The zero-order valence-corrected chi connectivity index (χ0v) is 13.5. The van der Waals surface area contributed by atoms with Crippen molar-refractivity contribution in [2.75, 3.05) is 24.3 Å². The molecular formula is C14H15F2NO3S2. The SMILES string of the molecule is CS(=O)(=O)[C@@H]1CSCCN1C(=O)/C=C\c1c(F)cccc1F. The van der Waals surface area contributed by atoms with E-state index in [-0.39, 0.29) is 12.1 Å². The molecule has 1 atom stereocenters. The van der Waals surface area contributed by atoms with Gasteiger partial charge in [-0.2, -0.15) is 11.8 Å². The number of benzene rings is 1. The number of nitrogens with zero attached hydrogens (tertiary/aromatic N) is 1. The average Bonchev–Trinajstić information content (AvgIpc) is 2.45. The van der Waals surface area contributed by atoms with Gasteiger partial charge in [-0.15, -0.1) is 0 Å². The maximum atomic E-state index is 13.5. The fourth-order valence-corrected chi connectivity index (χ4v) is 4.93. The Labute approximate surface area is 132 Å². The highest BCUT2D eigenvalue weighted by Gasteiger charge is 2.33. The molecule has 1 aromatic carbocycles. The Balaban J connectivity index is 2.22. The van der Waals surface area contributed by atoms with Gasteiger partial charge < -0.3 is 4.90 Å². The zero-order chi connectivity index (χ0) is 16.3. The molecule has 1 fully saturated rings. The highest BCUT2D eigenvalue weighted by Crippen LogP contribution is 2.21. The first-order valence-electron chi connectivity index (χ1n) is 6.50. The van der Waals surface area contributed by atoms with Crippen molar-refractivity contribution in [3.63, 3.8) is 0 Å². The van der Waals surface area contributed by atoms with Gasteiger partial charge in [0, 0.05) is 35.9 Å². The van der Waals surface area contributed by atoms with Crippen molar-refractivity contribution in [1.82, 2.24) is 4.90 Å². The van der Waals surface area contributed by atoms with E-state index in [0.717, 1.165) is 30.5 Å². The number of rotatable bonds is 3. The van der Waals surface area contributed by atoms with Crippen LogP contribution < -0.4 is 0 Å². The molecule has 120 valence electrons. The lowest BCUT2D eigenvalue weighted by molar-refractivity contribution is -0.126. The third-order valence-electron chi connectivity index (χ3n) is 3.25. The van der Waals surface area contributed by atoms with Gasteiger partial charge in [-0.05, 0) is 18.2 Å². The molecule has 1 aliphatic heterocycles. The summed E-state index contributed by atoms with van der Waals surface area (Å²) in [5.41, 5.74) is -0.321. The van der Waals surface area contributed by atoms with E-state index in [1.54, 1.807) is 0 Å². The summed E-state index contributed by atoms with van der Waals surface area (Å²) in [6.07, 6.45) is 3.12. The van der Waals surface area contributed by atoms with Crippen molar-refractivity contribution in [1.29, 1.82) is 0 Å². The third-order valence-corrected chi connectivity index (χ3v) is 5.90. The fraction of sp³-hybridized carbons (Fsp3) is 0.357. The first-order valence-corrected chi connectivity index (χ1v) is 9.61. The minimum atomic E-state index is -3.42. The third kappa shape index (κ3) is 3.86. The molecule has 1 aliphatic rings. The molecule has 0 unspecified atom stereocenters. The van der Waals surface area contributed by atoms with Crippen molar-refractivity contribution in [3.05, 3.63) is 41.5 Å². The first kappa shape index (κ1) is 17.0. The van der Waals surface area contributed by atoms with E-state index in [1.807, 2.05) is 0 Å². The van der Waals surface area contributed by atoms with Crippen LogP contribution in [0.25, 0.3) is 6.08 Å². The predicted molar refractivity (Wildman–Crippen MR) is 83.1 cm³/mol.